The van der Waals surface area contributed by atoms with Crippen LogP contribution in [-0.2, 0) is 9.59 Å². The van der Waals surface area contributed by atoms with Crippen molar-refractivity contribution < 1.29 is 9.59 Å². The minimum atomic E-state index is -0.00263. The average molecular weight is 278 g/mol. The van der Waals surface area contributed by atoms with Gasteiger partial charge in [-0.2, -0.15) is 0 Å². The molecule has 0 radical (unpaired) electrons. The molecule has 0 fully saturated rings. The lowest BCUT2D eigenvalue weighted by Gasteiger charge is -2.18. The SMILES string of the molecule is CC(C)CC(=O)NC1=C(NC(=O)CC(C)C)CCC=C1. The fourth-order valence-corrected chi connectivity index (χ4v) is 2.07. The zero-order valence-corrected chi connectivity index (χ0v) is 13.0. The minimum absolute atomic E-state index is 0.00263. The molecule has 1 aliphatic carbocycles. The van der Waals surface area contributed by atoms with Crippen LogP contribution in [0.2, 0.25) is 0 Å². The molecule has 20 heavy (non-hydrogen) atoms. The zero-order chi connectivity index (χ0) is 15.1. The molecule has 2 amide bonds. The third-order valence-corrected chi connectivity index (χ3v) is 2.92. The Kier molecular flexibility index (Phi) is 6.49. The van der Waals surface area contributed by atoms with Crippen molar-refractivity contribution in [1.82, 2.24) is 10.6 Å². The van der Waals surface area contributed by atoms with E-state index < -0.39 is 0 Å². The maximum Gasteiger partial charge on any atom is 0.224 e. The fourth-order valence-electron chi connectivity index (χ4n) is 2.07. The van der Waals surface area contributed by atoms with Crippen LogP contribution in [0, 0.1) is 11.8 Å². The molecule has 1 rings (SSSR count). The van der Waals surface area contributed by atoms with Crippen molar-refractivity contribution in [3.63, 3.8) is 0 Å². The summed E-state index contributed by atoms with van der Waals surface area (Å²) in [5.41, 5.74) is 1.56. The van der Waals surface area contributed by atoms with E-state index in [1.807, 2.05) is 39.8 Å². The standard InChI is InChI=1S/C16H26N2O2/c1-11(2)9-15(19)17-13-7-5-6-8-14(13)18-16(20)10-12(3)4/h5,7,11-12H,6,8-10H2,1-4H3,(H,17,19)(H,18,20). The Morgan fingerprint density at radius 3 is 2.15 bits per heavy atom. The van der Waals surface area contributed by atoms with Gasteiger partial charge in [-0.1, -0.05) is 33.8 Å². The first kappa shape index (κ1) is 16.5. The number of rotatable bonds is 6. The molecule has 2 N–H and O–H groups in total. The summed E-state index contributed by atoms with van der Waals surface area (Å²) in [6, 6.07) is 0. The molecule has 112 valence electrons. The van der Waals surface area contributed by atoms with E-state index in [9.17, 15) is 9.59 Å². The van der Waals surface area contributed by atoms with Crippen LogP contribution in [0.1, 0.15) is 53.4 Å². The lowest BCUT2D eigenvalue weighted by Crippen LogP contribution is -2.31. The molecule has 0 aliphatic heterocycles. The van der Waals surface area contributed by atoms with E-state index in [0.29, 0.717) is 24.7 Å². The summed E-state index contributed by atoms with van der Waals surface area (Å²) in [5, 5.41) is 5.83. The maximum atomic E-state index is 11.8. The predicted molar refractivity (Wildman–Crippen MR) is 80.6 cm³/mol. The van der Waals surface area contributed by atoms with Crippen molar-refractivity contribution in [2.75, 3.05) is 0 Å². The summed E-state index contributed by atoms with van der Waals surface area (Å²) < 4.78 is 0. The molecule has 0 aromatic carbocycles. The third-order valence-electron chi connectivity index (χ3n) is 2.92. The first-order valence-electron chi connectivity index (χ1n) is 7.38. The Balaban J connectivity index is 2.69. The maximum absolute atomic E-state index is 11.8. The van der Waals surface area contributed by atoms with E-state index in [4.69, 9.17) is 0 Å². The van der Waals surface area contributed by atoms with Crippen LogP contribution in [-0.4, -0.2) is 11.8 Å². The van der Waals surface area contributed by atoms with E-state index in [0.717, 1.165) is 24.2 Å². The largest absolute Gasteiger partial charge is 0.328 e. The Labute approximate surface area is 121 Å². The lowest BCUT2D eigenvalue weighted by atomic mass is 10.1. The van der Waals surface area contributed by atoms with Crippen molar-refractivity contribution in [2.45, 2.75) is 53.4 Å². The van der Waals surface area contributed by atoms with Gasteiger partial charge in [0.15, 0.2) is 0 Å². The Morgan fingerprint density at radius 2 is 1.60 bits per heavy atom. The number of allylic oxidation sites excluding steroid dienone is 3. The van der Waals surface area contributed by atoms with Crippen LogP contribution >= 0.6 is 0 Å². The van der Waals surface area contributed by atoms with Crippen LogP contribution in [0.25, 0.3) is 0 Å². The molecule has 0 unspecified atom stereocenters. The number of hydrogen-bond acceptors (Lipinski definition) is 2. The van der Waals surface area contributed by atoms with E-state index in [1.54, 1.807) is 0 Å². The highest BCUT2D eigenvalue weighted by Gasteiger charge is 2.15. The van der Waals surface area contributed by atoms with Crippen molar-refractivity contribution in [1.29, 1.82) is 0 Å². The van der Waals surface area contributed by atoms with Gasteiger partial charge in [-0.25, -0.2) is 0 Å². The van der Waals surface area contributed by atoms with Crippen molar-refractivity contribution in [3.05, 3.63) is 23.5 Å². The second-order valence-corrected chi connectivity index (χ2v) is 6.13. The van der Waals surface area contributed by atoms with E-state index in [-0.39, 0.29) is 11.8 Å². The topological polar surface area (TPSA) is 58.2 Å². The second-order valence-electron chi connectivity index (χ2n) is 6.13. The first-order chi connectivity index (χ1) is 9.38. The van der Waals surface area contributed by atoms with E-state index in [1.165, 1.54) is 0 Å². The summed E-state index contributed by atoms with van der Waals surface area (Å²) in [6.07, 6.45) is 6.54. The smallest absolute Gasteiger partial charge is 0.224 e. The summed E-state index contributed by atoms with van der Waals surface area (Å²) in [5.74, 6) is 0.661. The van der Waals surface area contributed by atoms with Gasteiger partial charge in [0.25, 0.3) is 0 Å². The molecule has 1 aliphatic rings. The normalized spacial score (nSPS) is 14.9. The second kappa shape index (κ2) is 7.88. The van der Waals surface area contributed by atoms with Crippen LogP contribution in [0.3, 0.4) is 0 Å². The molecule has 0 bridgehead atoms. The van der Waals surface area contributed by atoms with Gasteiger partial charge in [0, 0.05) is 18.5 Å². The Hall–Kier alpha value is -1.58. The van der Waals surface area contributed by atoms with Crippen molar-refractivity contribution in [2.24, 2.45) is 11.8 Å². The van der Waals surface area contributed by atoms with E-state index in [2.05, 4.69) is 10.6 Å². The first-order valence-corrected chi connectivity index (χ1v) is 7.38. The molecule has 4 heteroatoms. The number of carbonyl (C=O) groups excluding carboxylic acids is 2. The highest BCUT2D eigenvalue weighted by atomic mass is 16.2. The van der Waals surface area contributed by atoms with Gasteiger partial charge < -0.3 is 10.6 Å². The highest BCUT2D eigenvalue weighted by molar-refractivity contribution is 5.80. The van der Waals surface area contributed by atoms with Crippen molar-refractivity contribution >= 4 is 11.8 Å². The number of hydrogen-bond donors (Lipinski definition) is 2. The van der Waals surface area contributed by atoms with Crippen LogP contribution < -0.4 is 10.6 Å². The van der Waals surface area contributed by atoms with Crippen LogP contribution in [0.5, 0.6) is 0 Å². The molecule has 0 heterocycles. The molecule has 0 aromatic heterocycles. The van der Waals surface area contributed by atoms with Crippen LogP contribution in [0.15, 0.2) is 23.5 Å². The van der Waals surface area contributed by atoms with Gasteiger partial charge in [-0.3, -0.25) is 9.59 Å². The lowest BCUT2D eigenvalue weighted by molar-refractivity contribution is -0.122. The summed E-state index contributed by atoms with van der Waals surface area (Å²) in [7, 11) is 0. The van der Waals surface area contributed by atoms with E-state index >= 15 is 0 Å². The Bertz CT molecular complexity index is 420. The fraction of sp³-hybridized carbons (Fsp3) is 0.625. The molecular formula is C16H26N2O2. The summed E-state index contributed by atoms with van der Waals surface area (Å²) in [4.78, 5) is 23.7. The number of amides is 2. The van der Waals surface area contributed by atoms with Gasteiger partial charge in [-0.15, -0.1) is 0 Å². The van der Waals surface area contributed by atoms with Gasteiger partial charge in [-0.05, 0) is 30.8 Å². The minimum Gasteiger partial charge on any atom is -0.328 e. The molecule has 0 aromatic rings. The molecular weight excluding hydrogens is 252 g/mol. The van der Waals surface area contributed by atoms with Gasteiger partial charge >= 0.3 is 0 Å². The highest BCUT2D eigenvalue weighted by Crippen LogP contribution is 2.16. The molecule has 0 saturated heterocycles. The quantitative estimate of drug-likeness (QED) is 0.785. The average Bonchev–Trinajstić information content (AvgIpc) is 2.29. The number of nitrogens with one attached hydrogen (secondary N) is 2. The van der Waals surface area contributed by atoms with Gasteiger partial charge in [0.1, 0.15) is 0 Å². The zero-order valence-electron chi connectivity index (χ0n) is 13.0. The predicted octanol–water partition coefficient (Wildman–Crippen LogP) is 2.87. The molecule has 0 atom stereocenters. The van der Waals surface area contributed by atoms with Crippen LogP contribution in [0.4, 0.5) is 0 Å². The summed E-state index contributed by atoms with van der Waals surface area (Å²) in [6.45, 7) is 8.05. The Morgan fingerprint density at radius 1 is 1.05 bits per heavy atom. The number of carbonyl (C=O) groups is 2. The third kappa shape index (κ3) is 6.04. The summed E-state index contributed by atoms with van der Waals surface area (Å²) >= 11 is 0. The van der Waals surface area contributed by atoms with Crippen molar-refractivity contribution in [3.8, 4) is 0 Å². The van der Waals surface area contributed by atoms with Gasteiger partial charge in [0.05, 0.1) is 5.70 Å². The molecule has 4 nitrogen and oxygen atoms in total. The molecule has 0 saturated carbocycles. The molecule has 0 spiro atoms. The monoisotopic (exact) mass is 278 g/mol. The van der Waals surface area contributed by atoms with Gasteiger partial charge in [0.2, 0.25) is 11.8 Å².